The van der Waals surface area contributed by atoms with E-state index in [-0.39, 0.29) is 17.1 Å². The second kappa shape index (κ2) is 8.21. The van der Waals surface area contributed by atoms with E-state index in [1.165, 1.54) is 11.0 Å². The van der Waals surface area contributed by atoms with E-state index in [9.17, 15) is 9.18 Å². The lowest BCUT2D eigenvalue weighted by Gasteiger charge is -2.27. The van der Waals surface area contributed by atoms with E-state index in [2.05, 4.69) is 0 Å². The molecule has 1 heterocycles. The maximum absolute atomic E-state index is 14.1. The molecule has 0 aromatic heterocycles. The van der Waals surface area contributed by atoms with Gasteiger partial charge in [0.2, 0.25) is 0 Å². The zero-order valence-corrected chi connectivity index (χ0v) is 16.6. The molecule has 1 saturated carbocycles. The van der Waals surface area contributed by atoms with Crippen LogP contribution in [-0.2, 0) is 11.3 Å². The lowest BCUT2D eigenvalue weighted by Crippen LogP contribution is -3.13. The van der Waals surface area contributed by atoms with Gasteiger partial charge in [0, 0.05) is 41.3 Å². The maximum atomic E-state index is 14.1. The number of rotatable bonds is 6. The Bertz CT molecular complexity index is 829. The number of quaternary nitrogens is 1. The number of hydrogen-bond donors (Lipinski definition) is 1. The van der Waals surface area contributed by atoms with E-state index >= 15 is 0 Å². The Morgan fingerprint density at radius 2 is 1.93 bits per heavy atom. The van der Waals surface area contributed by atoms with Crippen LogP contribution in [0.5, 0.6) is 0 Å². The lowest BCUT2D eigenvalue weighted by atomic mass is 10.2. The number of thioether (sulfide) groups is 1. The Labute approximate surface area is 168 Å². The number of amides is 1. The molecule has 2 aliphatic rings. The number of hydrogen-bond acceptors (Lipinski definition) is 2. The molecule has 2 fully saturated rings. The average Bonchev–Trinajstić information content (AvgIpc) is 3.40. The van der Waals surface area contributed by atoms with Crippen molar-refractivity contribution < 1.29 is 14.1 Å². The highest BCUT2D eigenvalue weighted by Gasteiger charge is 2.38. The number of benzene rings is 2. The van der Waals surface area contributed by atoms with E-state index in [0.717, 1.165) is 30.7 Å². The smallest absolute Gasteiger partial charge is 0.278 e. The Morgan fingerprint density at radius 3 is 2.67 bits per heavy atom. The van der Waals surface area contributed by atoms with Gasteiger partial charge in [0.25, 0.3) is 5.91 Å². The number of carbonyl (C=O) groups is 1. The second-order valence-electron chi connectivity index (χ2n) is 7.21. The summed E-state index contributed by atoms with van der Waals surface area (Å²) in [5, 5.41) is 0.674. The normalized spacial score (nSPS) is 20.7. The molecular formula is C21H23ClFN2OS+. The van der Waals surface area contributed by atoms with Gasteiger partial charge < -0.3 is 9.80 Å². The number of nitrogens with zero attached hydrogens (tertiary/aromatic N) is 1. The van der Waals surface area contributed by atoms with Crippen molar-refractivity contribution in [2.75, 3.05) is 18.8 Å². The fourth-order valence-electron chi connectivity index (χ4n) is 3.68. The molecule has 0 spiro atoms. The van der Waals surface area contributed by atoms with Crippen LogP contribution in [0.4, 0.5) is 4.39 Å². The highest BCUT2D eigenvalue weighted by molar-refractivity contribution is 7.99. The predicted octanol–water partition coefficient (Wildman–Crippen LogP) is 3.30. The number of halogens is 2. The van der Waals surface area contributed by atoms with E-state index in [1.54, 1.807) is 17.8 Å². The molecule has 2 aromatic rings. The molecule has 27 heavy (non-hydrogen) atoms. The SMILES string of the molecule is O=C(C[NH+](Cc1ccccc1F)C1CC1)N1CCS[C@H]1c1ccccc1Cl. The van der Waals surface area contributed by atoms with Crippen LogP contribution in [0.1, 0.15) is 29.3 Å². The molecule has 2 atom stereocenters. The molecule has 4 rings (SSSR count). The molecule has 0 bridgehead atoms. The first-order chi connectivity index (χ1) is 13.1. The lowest BCUT2D eigenvalue weighted by molar-refractivity contribution is -0.917. The maximum Gasteiger partial charge on any atom is 0.278 e. The summed E-state index contributed by atoms with van der Waals surface area (Å²) in [6, 6.07) is 15.1. The van der Waals surface area contributed by atoms with Crippen molar-refractivity contribution in [3.63, 3.8) is 0 Å². The van der Waals surface area contributed by atoms with Gasteiger partial charge in [0.1, 0.15) is 17.7 Å². The zero-order chi connectivity index (χ0) is 18.8. The zero-order valence-electron chi connectivity index (χ0n) is 15.0. The minimum Gasteiger partial charge on any atom is -0.321 e. The topological polar surface area (TPSA) is 24.8 Å². The summed E-state index contributed by atoms with van der Waals surface area (Å²) >= 11 is 8.12. The second-order valence-corrected chi connectivity index (χ2v) is 8.80. The highest BCUT2D eigenvalue weighted by atomic mass is 35.5. The van der Waals surface area contributed by atoms with Crippen molar-refractivity contribution >= 4 is 29.3 Å². The van der Waals surface area contributed by atoms with Crippen LogP contribution < -0.4 is 4.90 Å². The average molecular weight is 406 g/mol. The standard InChI is InChI=1S/C21H22ClFN2OS/c22-18-7-3-2-6-17(18)21-25(11-12-27-21)20(26)14-24(16-9-10-16)13-15-5-1-4-8-19(15)23/h1-8,16,21H,9-14H2/p+1/t21-/m0/s1. The summed E-state index contributed by atoms with van der Waals surface area (Å²) in [5.41, 5.74) is 1.68. The molecule has 0 radical (unpaired) electrons. The van der Waals surface area contributed by atoms with Gasteiger partial charge in [-0.2, -0.15) is 0 Å². The van der Waals surface area contributed by atoms with Crippen molar-refractivity contribution in [1.29, 1.82) is 0 Å². The minimum atomic E-state index is -0.186. The van der Waals surface area contributed by atoms with Crippen LogP contribution in [0, 0.1) is 5.82 Å². The van der Waals surface area contributed by atoms with Crippen LogP contribution in [0.2, 0.25) is 5.02 Å². The summed E-state index contributed by atoms with van der Waals surface area (Å²) in [4.78, 5) is 16.2. The van der Waals surface area contributed by atoms with Gasteiger partial charge in [-0.25, -0.2) is 4.39 Å². The fraction of sp³-hybridized carbons (Fsp3) is 0.381. The Morgan fingerprint density at radius 1 is 1.19 bits per heavy atom. The highest BCUT2D eigenvalue weighted by Crippen LogP contribution is 2.40. The fourth-order valence-corrected chi connectivity index (χ4v) is 5.30. The Hall–Kier alpha value is -1.56. The third-order valence-electron chi connectivity index (χ3n) is 5.29. The monoisotopic (exact) mass is 405 g/mol. The molecule has 6 heteroatoms. The van der Waals surface area contributed by atoms with Crippen molar-refractivity contribution in [2.24, 2.45) is 0 Å². The molecule has 142 valence electrons. The van der Waals surface area contributed by atoms with Crippen molar-refractivity contribution in [3.8, 4) is 0 Å². The van der Waals surface area contributed by atoms with Gasteiger partial charge >= 0.3 is 0 Å². The summed E-state index contributed by atoms with van der Waals surface area (Å²) in [6.07, 6.45) is 2.22. The first-order valence-corrected chi connectivity index (χ1v) is 10.8. The molecule has 1 saturated heterocycles. The molecule has 1 aliphatic carbocycles. The molecule has 1 unspecified atom stereocenters. The van der Waals surface area contributed by atoms with Crippen molar-refractivity contribution in [3.05, 3.63) is 70.5 Å². The Balaban J connectivity index is 1.48. The van der Waals surface area contributed by atoms with Gasteiger partial charge in [-0.05, 0) is 12.1 Å². The van der Waals surface area contributed by atoms with Crippen LogP contribution in [0.15, 0.2) is 48.5 Å². The molecule has 1 N–H and O–H groups in total. The van der Waals surface area contributed by atoms with Gasteiger partial charge in [0.15, 0.2) is 6.54 Å². The number of carbonyl (C=O) groups excluding carboxylic acids is 1. The van der Waals surface area contributed by atoms with Crippen LogP contribution in [0.3, 0.4) is 0 Å². The summed E-state index contributed by atoms with van der Waals surface area (Å²) in [5.74, 6) is 0.852. The third-order valence-corrected chi connectivity index (χ3v) is 6.88. The summed E-state index contributed by atoms with van der Waals surface area (Å²) < 4.78 is 14.1. The van der Waals surface area contributed by atoms with Crippen molar-refractivity contribution in [1.82, 2.24) is 4.90 Å². The van der Waals surface area contributed by atoms with Gasteiger partial charge in [-0.15, -0.1) is 11.8 Å². The van der Waals surface area contributed by atoms with Crippen LogP contribution in [0.25, 0.3) is 0 Å². The minimum absolute atomic E-state index is 0.0277. The number of nitrogens with one attached hydrogen (secondary N) is 1. The molecule has 2 aromatic carbocycles. The largest absolute Gasteiger partial charge is 0.321 e. The van der Waals surface area contributed by atoms with E-state index in [4.69, 9.17) is 11.6 Å². The van der Waals surface area contributed by atoms with E-state index < -0.39 is 0 Å². The molecular weight excluding hydrogens is 383 g/mol. The molecule has 3 nitrogen and oxygen atoms in total. The van der Waals surface area contributed by atoms with Crippen LogP contribution in [-0.4, -0.2) is 35.7 Å². The summed E-state index contributed by atoms with van der Waals surface area (Å²) in [6.45, 7) is 1.69. The third kappa shape index (κ3) is 4.31. The quantitative estimate of drug-likeness (QED) is 0.797. The van der Waals surface area contributed by atoms with Crippen LogP contribution >= 0.6 is 23.4 Å². The summed E-state index contributed by atoms with van der Waals surface area (Å²) in [7, 11) is 0. The Kier molecular flexibility index (Phi) is 5.71. The van der Waals surface area contributed by atoms with E-state index in [0.29, 0.717) is 29.7 Å². The first kappa shape index (κ1) is 18.8. The molecule has 1 aliphatic heterocycles. The predicted molar refractivity (Wildman–Crippen MR) is 107 cm³/mol. The van der Waals surface area contributed by atoms with E-state index in [1.807, 2.05) is 41.3 Å². The van der Waals surface area contributed by atoms with Gasteiger partial charge in [-0.3, -0.25) is 4.79 Å². The van der Waals surface area contributed by atoms with Gasteiger partial charge in [0.05, 0.1) is 6.04 Å². The van der Waals surface area contributed by atoms with Gasteiger partial charge in [-0.1, -0.05) is 48.0 Å². The van der Waals surface area contributed by atoms with Crippen molar-refractivity contribution in [2.45, 2.75) is 30.8 Å². The molecule has 1 amide bonds. The first-order valence-electron chi connectivity index (χ1n) is 9.37.